The number of hydrogen-bond acceptors (Lipinski definition) is 2. The molecule has 0 aliphatic carbocycles. The summed E-state index contributed by atoms with van der Waals surface area (Å²) in [7, 11) is 0. The van der Waals surface area contributed by atoms with Gasteiger partial charge in [-0.2, -0.15) is 5.10 Å². The Morgan fingerprint density at radius 2 is 1.82 bits per heavy atom. The quantitative estimate of drug-likeness (QED) is 0.654. The average molecular weight is 381 g/mol. The molecule has 1 amide bonds. The number of rotatable bonds is 5. The summed E-state index contributed by atoms with van der Waals surface area (Å²) in [6, 6.07) is 12.9. The third-order valence-corrected chi connectivity index (χ3v) is 4.55. The van der Waals surface area contributed by atoms with Crippen LogP contribution in [-0.2, 0) is 4.79 Å². The second kappa shape index (κ2) is 8.17. The Morgan fingerprint density at radius 3 is 2.50 bits per heavy atom. The number of carbonyl (C=O) groups is 1. The highest BCUT2D eigenvalue weighted by Crippen LogP contribution is 2.19. The van der Waals surface area contributed by atoms with Gasteiger partial charge in [0.25, 0.3) is 0 Å². The van der Waals surface area contributed by atoms with Gasteiger partial charge in [-0.15, -0.1) is 0 Å². The van der Waals surface area contributed by atoms with Crippen molar-refractivity contribution in [1.29, 1.82) is 0 Å². The number of nitrogens with zero attached hydrogens (tertiary/aromatic N) is 2. The van der Waals surface area contributed by atoms with E-state index < -0.39 is 17.7 Å². The molecule has 1 unspecified atom stereocenters. The molecule has 1 heterocycles. The van der Waals surface area contributed by atoms with Gasteiger partial charge in [-0.05, 0) is 56.7 Å². The molecule has 4 nitrogen and oxygen atoms in total. The Kier molecular flexibility index (Phi) is 5.68. The van der Waals surface area contributed by atoms with Crippen molar-refractivity contribution in [3.05, 3.63) is 88.8 Å². The molecule has 0 bridgehead atoms. The first-order valence-electron chi connectivity index (χ1n) is 8.92. The van der Waals surface area contributed by atoms with Crippen LogP contribution in [0.2, 0.25) is 0 Å². The molecule has 0 saturated carbocycles. The zero-order chi connectivity index (χ0) is 20.3. The fraction of sp³-hybridized carbons (Fsp3) is 0.182. The zero-order valence-corrected chi connectivity index (χ0v) is 15.9. The van der Waals surface area contributed by atoms with Crippen LogP contribution in [0.1, 0.15) is 35.5 Å². The lowest BCUT2D eigenvalue weighted by Crippen LogP contribution is -2.24. The van der Waals surface area contributed by atoms with Crippen LogP contribution in [0.4, 0.5) is 8.78 Å². The van der Waals surface area contributed by atoms with Gasteiger partial charge in [-0.1, -0.05) is 24.3 Å². The minimum Gasteiger partial charge on any atom is -0.346 e. The zero-order valence-electron chi connectivity index (χ0n) is 15.9. The number of hydrogen-bond donors (Lipinski definition) is 1. The molecule has 0 spiro atoms. The van der Waals surface area contributed by atoms with E-state index in [0.29, 0.717) is 5.56 Å². The number of carbonyl (C=O) groups excluding carboxylic acids is 1. The van der Waals surface area contributed by atoms with Gasteiger partial charge in [0, 0.05) is 17.3 Å². The highest BCUT2D eigenvalue weighted by molar-refractivity contribution is 5.92. The molecule has 3 aromatic rings. The van der Waals surface area contributed by atoms with Crippen LogP contribution in [0, 0.1) is 25.5 Å². The van der Waals surface area contributed by atoms with Crippen LogP contribution in [-0.4, -0.2) is 15.7 Å². The van der Waals surface area contributed by atoms with Crippen LogP contribution in [0.25, 0.3) is 11.8 Å². The molecule has 1 atom stereocenters. The highest BCUT2D eigenvalue weighted by Gasteiger charge is 2.13. The molecular formula is C22H21F2N3O. The third kappa shape index (κ3) is 4.17. The van der Waals surface area contributed by atoms with Gasteiger partial charge < -0.3 is 5.32 Å². The molecule has 1 aromatic heterocycles. The number of para-hydroxylation sites is 1. The molecule has 0 radical (unpaired) electrons. The van der Waals surface area contributed by atoms with E-state index in [0.717, 1.165) is 34.8 Å². The Bertz CT molecular complexity index is 1030. The molecule has 0 aliphatic heterocycles. The van der Waals surface area contributed by atoms with Crippen LogP contribution in [0.15, 0.2) is 54.6 Å². The lowest BCUT2D eigenvalue weighted by molar-refractivity contribution is -0.117. The second-order valence-corrected chi connectivity index (χ2v) is 6.57. The standard InChI is InChI=1S/C22H21F2N3O/c1-14(17-9-11-20(23)21(24)13-17)25-22(28)12-10-19-15(2)26-27(16(19)3)18-7-5-4-6-8-18/h4-14H,1-3H3,(H,25,28)/b12-10+. The van der Waals surface area contributed by atoms with Crippen molar-refractivity contribution in [3.8, 4) is 5.69 Å². The summed E-state index contributed by atoms with van der Waals surface area (Å²) in [5.41, 5.74) is 4.02. The molecular weight excluding hydrogens is 360 g/mol. The van der Waals surface area contributed by atoms with E-state index in [1.54, 1.807) is 13.0 Å². The van der Waals surface area contributed by atoms with E-state index in [-0.39, 0.29) is 5.91 Å². The van der Waals surface area contributed by atoms with Crippen molar-refractivity contribution in [2.45, 2.75) is 26.8 Å². The number of benzene rings is 2. The maximum absolute atomic E-state index is 13.4. The van der Waals surface area contributed by atoms with E-state index >= 15 is 0 Å². The lowest BCUT2D eigenvalue weighted by Gasteiger charge is -2.13. The Morgan fingerprint density at radius 1 is 1.11 bits per heavy atom. The van der Waals surface area contributed by atoms with E-state index in [1.807, 2.05) is 48.9 Å². The van der Waals surface area contributed by atoms with Gasteiger partial charge in [-0.25, -0.2) is 13.5 Å². The van der Waals surface area contributed by atoms with E-state index in [9.17, 15) is 13.6 Å². The summed E-state index contributed by atoms with van der Waals surface area (Å²) < 4.78 is 28.2. The summed E-state index contributed by atoms with van der Waals surface area (Å²) in [5, 5.41) is 7.29. The van der Waals surface area contributed by atoms with Crippen LogP contribution in [0.3, 0.4) is 0 Å². The van der Waals surface area contributed by atoms with Crippen molar-refractivity contribution < 1.29 is 13.6 Å². The minimum atomic E-state index is -0.936. The number of amides is 1. The normalized spacial score (nSPS) is 12.3. The van der Waals surface area contributed by atoms with E-state index in [4.69, 9.17) is 0 Å². The predicted molar refractivity (Wildman–Crippen MR) is 105 cm³/mol. The topological polar surface area (TPSA) is 46.9 Å². The maximum Gasteiger partial charge on any atom is 0.244 e. The first-order chi connectivity index (χ1) is 13.4. The lowest BCUT2D eigenvalue weighted by atomic mass is 10.1. The molecule has 0 fully saturated rings. The summed E-state index contributed by atoms with van der Waals surface area (Å²) in [4.78, 5) is 12.3. The monoisotopic (exact) mass is 381 g/mol. The fourth-order valence-corrected chi connectivity index (χ4v) is 3.00. The smallest absolute Gasteiger partial charge is 0.244 e. The average Bonchev–Trinajstić information content (AvgIpc) is 2.96. The summed E-state index contributed by atoms with van der Waals surface area (Å²) >= 11 is 0. The minimum absolute atomic E-state index is 0.330. The van der Waals surface area contributed by atoms with Gasteiger partial charge >= 0.3 is 0 Å². The first-order valence-corrected chi connectivity index (χ1v) is 8.92. The summed E-state index contributed by atoms with van der Waals surface area (Å²) in [5.74, 6) is -2.18. The summed E-state index contributed by atoms with van der Waals surface area (Å²) in [6.45, 7) is 5.53. The second-order valence-electron chi connectivity index (χ2n) is 6.57. The molecule has 6 heteroatoms. The molecule has 1 N–H and O–H groups in total. The van der Waals surface area contributed by atoms with E-state index in [1.165, 1.54) is 12.1 Å². The number of halogens is 2. The van der Waals surface area contributed by atoms with Crippen molar-refractivity contribution >= 4 is 12.0 Å². The molecule has 3 rings (SSSR count). The SMILES string of the molecule is Cc1nn(-c2ccccc2)c(C)c1/C=C/C(=O)NC(C)c1ccc(F)c(F)c1. The Hall–Kier alpha value is -3.28. The molecule has 0 saturated heterocycles. The fourth-order valence-electron chi connectivity index (χ4n) is 3.00. The van der Waals surface area contributed by atoms with E-state index in [2.05, 4.69) is 10.4 Å². The maximum atomic E-state index is 13.4. The molecule has 2 aromatic carbocycles. The van der Waals surface area contributed by atoms with Crippen molar-refractivity contribution in [1.82, 2.24) is 15.1 Å². The first kappa shape index (κ1) is 19.5. The molecule has 144 valence electrons. The van der Waals surface area contributed by atoms with Gasteiger partial charge in [0.2, 0.25) is 5.91 Å². The van der Waals surface area contributed by atoms with Crippen molar-refractivity contribution in [2.24, 2.45) is 0 Å². The Balaban J connectivity index is 1.74. The molecule has 0 aliphatic rings. The van der Waals surface area contributed by atoms with Gasteiger partial charge in [0.05, 0.1) is 17.4 Å². The van der Waals surface area contributed by atoms with Crippen LogP contribution in [0.5, 0.6) is 0 Å². The summed E-state index contributed by atoms with van der Waals surface area (Å²) in [6.07, 6.45) is 3.13. The van der Waals surface area contributed by atoms with Crippen LogP contribution < -0.4 is 5.32 Å². The molecule has 28 heavy (non-hydrogen) atoms. The number of nitrogens with one attached hydrogen (secondary N) is 1. The van der Waals surface area contributed by atoms with Gasteiger partial charge in [0.1, 0.15) is 0 Å². The van der Waals surface area contributed by atoms with Crippen LogP contribution >= 0.6 is 0 Å². The number of aryl methyl sites for hydroxylation is 1. The van der Waals surface area contributed by atoms with Crippen molar-refractivity contribution in [3.63, 3.8) is 0 Å². The highest BCUT2D eigenvalue weighted by atomic mass is 19.2. The third-order valence-electron chi connectivity index (χ3n) is 4.55. The number of aromatic nitrogens is 2. The van der Waals surface area contributed by atoms with Crippen molar-refractivity contribution in [2.75, 3.05) is 0 Å². The predicted octanol–water partition coefficient (Wildman–Crippen LogP) is 4.66. The van der Waals surface area contributed by atoms with Gasteiger partial charge in [-0.3, -0.25) is 4.79 Å². The van der Waals surface area contributed by atoms with Gasteiger partial charge in [0.15, 0.2) is 11.6 Å². The Labute approximate surface area is 162 Å². The largest absolute Gasteiger partial charge is 0.346 e.